The van der Waals surface area contributed by atoms with Crippen LogP contribution in [0.25, 0.3) is 0 Å². The first-order valence-corrected chi connectivity index (χ1v) is 5.77. The number of likely N-dealkylation sites (N-methyl/N-ethyl adjacent to an activating group) is 1. The summed E-state index contributed by atoms with van der Waals surface area (Å²) in [6.45, 7) is 4.58. The van der Waals surface area contributed by atoms with Gasteiger partial charge in [-0.25, -0.2) is 4.79 Å². The van der Waals surface area contributed by atoms with Gasteiger partial charge in [0.15, 0.2) is 0 Å². The van der Waals surface area contributed by atoms with Crippen LogP contribution in [-0.2, 0) is 11.3 Å². The summed E-state index contributed by atoms with van der Waals surface area (Å²) in [6.07, 6.45) is -0.934. The van der Waals surface area contributed by atoms with E-state index in [0.717, 1.165) is 5.56 Å². The van der Waals surface area contributed by atoms with Crippen LogP contribution in [0.1, 0.15) is 19.4 Å². The SMILES string of the molecule is CCN(CC(C)O)C(=O)OCc1ccccc1. The molecule has 1 amide bonds. The second-order valence-corrected chi connectivity index (χ2v) is 3.93. The van der Waals surface area contributed by atoms with Crippen molar-refractivity contribution in [2.75, 3.05) is 13.1 Å². The number of carbonyl (C=O) groups excluding carboxylic acids is 1. The summed E-state index contributed by atoms with van der Waals surface area (Å²) in [6, 6.07) is 9.51. The first kappa shape index (κ1) is 13.5. The lowest BCUT2D eigenvalue weighted by atomic mass is 10.2. The number of hydrogen-bond donors (Lipinski definition) is 1. The molecule has 0 aliphatic rings. The Morgan fingerprint density at radius 3 is 2.59 bits per heavy atom. The van der Waals surface area contributed by atoms with Crippen molar-refractivity contribution >= 4 is 6.09 Å². The average Bonchev–Trinajstić information content (AvgIpc) is 2.34. The van der Waals surface area contributed by atoms with E-state index in [9.17, 15) is 9.90 Å². The normalized spacial score (nSPS) is 11.9. The van der Waals surface area contributed by atoms with Crippen LogP contribution in [0.2, 0.25) is 0 Å². The van der Waals surface area contributed by atoms with Gasteiger partial charge in [0.1, 0.15) is 6.61 Å². The molecule has 0 bridgehead atoms. The highest BCUT2D eigenvalue weighted by molar-refractivity contribution is 5.67. The Morgan fingerprint density at radius 2 is 2.06 bits per heavy atom. The minimum atomic E-state index is -0.542. The first-order chi connectivity index (χ1) is 8.13. The lowest BCUT2D eigenvalue weighted by Gasteiger charge is -2.21. The van der Waals surface area contributed by atoms with Gasteiger partial charge in [-0.2, -0.15) is 0 Å². The zero-order valence-electron chi connectivity index (χ0n) is 10.3. The standard InChI is InChI=1S/C13H19NO3/c1-3-14(9-11(2)15)13(16)17-10-12-7-5-4-6-8-12/h4-8,11,15H,3,9-10H2,1-2H3. The van der Waals surface area contributed by atoms with Gasteiger partial charge < -0.3 is 14.7 Å². The van der Waals surface area contributed by atoms with Gasteiger partial charge in [0.2, 0.25) is 0 Å². The molecule has 94 valence electrons. The minimum absolute atomic E-state index is 0.260. The summed E-state index contributed by atoms with van der Waals surface area (Å²) in [5.41, 5.74) is 0.953. The fourth-order valence-corrected chi connectivity index (χ4v) is 1.46. The molecular weight excluding hydrogens is 218 g/mol. The molecule has 0 heterocycles. The number of hydrogen-bond acceptors (Lipinski definition) is 3. The van der Waals surface area contributed by atoms with Gasteiger partial charge in [-0.1, -0.05) is 30.3 Å². The van der Waals surface area contributed by atoms with Crippen molar-refractivity contribution in [2.45, 2.75) is 26.6 Å². The first-order valence-electron chi connectivity index (χ1n) is 5.77. The van der Waals surface area contributed by atoms with Gasteiger partial charge in [0, 0.05) is 13.1 Å². The molecule has 1 rings (SSSR count). The van der Waals surface area contributed by atoms with Crippen molar-refractivity contribution in [3.63, 3.8) is 0 Å². The average molecular weight is 237 g/mol. The number of aliphatic hydroxyl groups excluding tert-OH is 1. The molecule has 0 aromatic heterocycles. The zero-order valence-corrected chi connectivity index (χ0v) is 10.3. The Balaban J connectivity index is 2.42. The highest BCUT2D eigenvalue weighted by Gasteiger charge is 2.14. The fraction of sp³-hybridized carbons (Fsp3) is 0.462. The third-order valence-corrected chi connectivity index (χ3v) is 2.33. The van der Waals surface area contributed by atoms with Crippen LogP contribution in [0.5, 0.6) is 0 Å². The smallest absolute Gasteiger partial charge is 0.410 e. The van der Waals surface area contributed by atoms with Crippen molar-refractivity contribution in [2.24, 2.45) is 0 Å². The molecule has 0 spiro atoms. The van der Waals surface area contributed by atoms with Crippen LogP contribution in [0.15, 0.2) is 30.3 Å². The quantitative estimate of drug-likeness (QED) is 0.852. The molecule has 0 saturated carbocycles. The van der Waals surface area contributed by atoms with Gasteiger partial charge in [0.05, 0.1) is 6.10 Å². The highest BCUT2D eigenvalue weighted by Crippen LogP contribution is 2.03. The van der Waals surface area contributed by atoms with Crippen LogP contribution in [0, 0.1) is 0 Å². The molecule has 4 nitrogen and oxygen atoms in total. The molecule has 0 aliphatic heterocycles. The van der Waals surface area contributed by atoms with E-state index in [0.29, 0.717) is 13.1 Å². The highest BCUT2D eigenvalue weighted by atomic mass is 16.6. The maximum Gasteiger partial charge on any atom is 0.410 e. The van der Waals surface area contributed by atoms with Crippen molar-refractivity contribution in [1.82, 2.24) is 4.90 Å². The van der Waals surface area contributed by atoms with E-state index < -0.39 is 12.2 Å². The third kappa shape index (κ3) is 4.87. The number of amides is 1. The van der Waals surface area contributed by atoms with Gasteiger partial charge >= 0.3 is 6.09 Å². The van der Waals surface area contributed by atoms with Crippen molar-refractivity contribution in [3.05, 3.63) is 35.9 Å². The number of benzene rings is 1. The summed E-state index contributed by atoms with van der Waals surface area (Å²) >= 11 is 0. The van der Waals surface area contributed by atoms with Crippen LogP contribution < -0.4 is 0 Å². The maximum atomic E-state index is 11.7. The van der Waals surface area contributed by atoms with E-state index >= 15 is 0 Å². The van der Waals surface area contributed by atoms with Crippen LogP contribution in [0.3, 0.4) is 0 Å². The van der Waals surface area contributed by atoms with Crippen LogP contribution in [0.4, 0.5) is 4.79 Å². The van der Waals surface area contributed by atoms with Gasteiger partial charge in [-0.15, -0.1) is 0 Å². The summed E-state index contributed by atoms with van der Waals surface area (Å²) < 4.78 is 5.16. The largest absolute Gasteiger partial charge is 0.445 e. The van der Waals surface area contributed by atoms with E-state index in [1.54, 1.807) is 6.92 Å². The summed E-state index contributed by atoms with van der Waals surface area (Å²) in [7, 11) is 0. The summed E-state index contributed by atoms with van der Waals surface area (Å²) in [5, 5.41) is 9.24. The third-order valence-electron chi connectivity index (χ3n) is 2.33. The van der Waals surface area contributed by atoms with Crippen LogP contribution >= 0.6 is 0 Å². The number of aliphatic hydroxyl groups is 1. The Labute approximate surface area is 102 Å². The topological polar surface area (TPSA) is 49.8 Å². The molecule has 17 heavy (non-hydrogen) atoms. The van der Waals surface area contributed by atoms with Crippen molar-refractivity contribution in [3.8, 4) is 0 Å². The molecule has 1 unspecified atom stereocenters. The van der Waals surface area contributed by atoms with Gasteiger partial charge in [-0.05, 0) is 19.4 Å². The molecular formula is C13H19NO3. The predicted octanol–water partition coefficient (Wildman–Crippen LogP) is 2.03. The molecule has 1 atom stereocenters. The van der Waals surface area contributed by atoms with Gasteiger partial charge in [0.25, 0.3) is 0 Å². The Hall–Kier alpha value is -1.55. The van der Waals surface area contributed by atoms with E-state index in [1.807, 2.05) is 37.3 Å². The van der Waals surface area contributed by atoms with Crippen molar-refractivity contribution in [1.29, 1.82) is 0 Å². The molecule has 0 saturated heterocycles. The van der Waals surface area contributed by atoms with E-state index in [4.69, 9.17) is 4.74 Å². The van der Waals surface area contributed by atoms with Gasteiger partial charge in [-0.3, -0.25) is 0 Å². The summed E-state index contributed by atoms with van der Waals surface area (Å²) in [4.78, 5) is 13.2. The number of ether oxygens (including phenoxy) is 1. The Morgan fingerprint density at radius 1 is 1.41 bits per heavy atom. The number of carbonyl (C=O) groups is 1. The van der Waals surface area contributed by atoms with Crippen LogP contribution in [-0.4, -0.2) is 35.3 Å². The molecule has 1 aromatic rings. The molecule has 1 aromatic carbocycles. The fourth-order valence-electron chi connectivity index (χ4n) is 1.46. The monoisotopic (exact) mass is 237 g/mol. The summed E-state index contributed by atoms with van der Waals surface area (Å²) in [5.74, 6) is 0. The zero-order chi connectivity index (χ0) is 12.7. The molecule has 0 radical (unpaired) electrons. The predicted molar refractivity (Wildman–Crippen MR) is 65.6 cm³/mol. The van der Waals surface area contributed by atoms with Crippen molar-refractivity contribution < 1.29 is 14.6 Å². The maximum absolute atomic E-state index is 11.7. The lowest BCUT2D eigenvalue weighted by Crippen LogP contribution is -2.36. The van der Waals surface area contributed by atoms with E-state index in [1.165, 1.54) is 4.90 Å². The Bertz CT molecular complexity index is 338. The molecule has 1 N–H and O–H groups in total. The lowest BCUT2D eigenvalue weighted by molar-refractivity contribution is 0.0756. The molecule has 4 heteroatoms. The Kier molecular flexibility index (Phi) is 5.49. The molecule has 0 aliphatic carbocycles. The number of rotatable bonds is 5. The van der Waals surface area contributed by atoms with E-state index in [2.05, 4.69) is 0 Å². The minimum Gasteiger partial charge on any atom is -0.445 e. The number of nitrogens with zero attached hydrogens (tertiary/aromatic N) is 1. The second kappa shape index (κ2) is 6.91. The molecule has 0 fully saturated rings. The second-order valence-electron chi connectivity index (χ2n) is 3.93. The van der Waals surface area contributed by atoms with E-state index in [-0.39, 0.29) is 6.61 Å².